The van der Waals surface area contributed by atoms with E-state index in [1.54, 1.807) is 11.8 Å². The van der Waals surface area contributed by atoms with Crippen LogP contribution in [-0.4, -0.2) is 40.1 Å². The Bertz CT molecular complexity index is 472. The summed E-state index contributed by atoms with van der Waals surface area (Å²) in [5, 5.41) is 10.1. The maximum absolute atomic E-state index is 12.3. The van der Waals surface area contributed by atoms with Gasteiger partial charge in [-0.05, 0) is 31.7 Å². The van der Waals surface area contributed by atoms with Crippen LogP contribution in [0.3, 0.4) is 0 Å². The Morgan fingerprint density at radius 3 is 2.68 bits per heavy atom. The van der Waals surface area contributed by atoms with Gasteiger partial charge in [0.25, 0.3) is 5.91 Å². The van der Waals surface area contributed by atoms with Gasteiger partial charge in [0, 0.05) is 19.3 Å². The van der Waals surface area contributed by atoms with Gasteiger partial charge in [-0.25, -0.2) is 4.98 Å². The molecule has 1 fully saturated rings. The number of carbonyl (C=O) groups excluding carboxylic acids is 1. The Kier molecular flexibility index (Phi) is 4.66. The SMILES string of the molecule is CC(O)C1CCN(C(=O)c2cc(Cl)ncc2Cl)CC1. The van der Waals surface area contributed by atoms with E-state index in [0.717, 1.165) is 12.8 Å². The molecule has 4 nitrogen and oxygen atoms in total. The van der Waals surface area contributed by atoms with E-state index in [1.165, 1.54) is 12.3 Å². The molecule has 1 atom stereocenters. The van der Waals surface area contributed by atoms with Crippen LogP contribution in [0.5, 0.6) is 0 Å². The second-order valence-electron chi connectivity index (χ2n) is 4.86. The Hall–Kier alpha value is -0.840. The number of halogens is 2. The number of rotatable bonds is 2. The molecule has 6 heteroatoms. The minimum atomic E-state index is -0.323. The molecule has 0 bridgehead atoms. The molecule has 0 aromatic carbocycles. The lowest BCUT2D eigenvalue weighted by Crippen LogP contribution is -2.40. The van der Waals surface area contributed by atoms with Gasteiger partial charge in [-0.1, -0.05) is 23.2 Å². The molecule has 1 N–H and O–H groups in total. The van der Waals surface area contributed by atoms with Crippen molar-refractivity contribution in [3.63, 3.8) is 0 Å². The minimum absolute atomic E-state index is 0.127. The fourth-order valence-electron chi connectivity index (χ4n) is 2.33. The van der Waals surface area contributed by atoms with Crippen LogP contribution >= 0.6 is 23.2 Å². The first-order valence-corrected chi connectivity index (χ1v) is 7.03. The molecule has 2 rings (SSSR count). The van der Waals surface area contributed by atoms with Crippen LogP contribution in [0.25, 0.3) is 0 Å². The maximum Gasteiger partial charge on any atom is 0.255 e. The van der Waals surface area contributed by atoms with Crippen molar-refractivity contribution in [1.29, 1.82) is 0 Å². The molecule has 0 aliphatic carbocycles. The van der Waals surface area contributed by atoms with Crippen molar-refractivity contribution in [3.05, 3.63) is 28.0 Å². The molecule has 1 saturated heterocycles. The molecule has 0 saturated carbocycles. The van der Waals surface area contributed by atoms with Crippen molar-refractivity contribution in [1.82, 2.24) is 9.88 Å². The summed E-state index contributed by atoms with van der Waals surface area (Å²) in [6.45, 7) is 3.05. The normalized spacial score (nSPS) is 18.4. The van der Waals surface area contributed by atoms with Crippen molar-refractivity contribution in [2.45, 2.75) is 25.9 Å². The summed E-state index contributed by atoms with van der Waals surface area (Å²) in [6.07, 6.45) is 2.68. The van der Waals surface area contributed by atoms with Gasteiger partial charge in [-0.3, -0.25) is 4.79 Å². The first kappa shape index (κ1) is 14.6. The second-order valence-corrected chi connectivity index (χ2v) is 5.65. The van der Waals surface area contributed by atoms with Crippen LogP contribution in [0.2, 0.25) is 10.2 Å². The lowest BCUT2D eigenvalue weighted by atomic mass is 9.92. The van der Waals surface area contributed by atoms with Crippen molar-refractivity contribution in [3.8, 4) is 0 Å². The van der Waals surface area contributed by atoms with Crippen molar-refractivity contribution in [2.24, 2.45) is 5.92 Å². The van der Waals surface area contributed by atoms with Gasteiger partial charge in [0.2, 0.25) is 0 Å². The van der Waals surface area contributed by atoms with Crippen LogP contribution < -0.4 is 0 Å². The van der Waals surface area contributed by atoms with Crippen molar-refractivity contribution >= 4 is 29.1 Å². The first-order chi connectivity index (χ1) is 8.99. The maximum atomic E-state index is 12.3. The molecule has 2 heterocycles. The summed E-state index contributed by atoms with van der Waals surface area (Å²) in [5.74, 6) is 0.138. The number of likely N-dealkylation sites (tertiary alicyclic amines) is 1. The van der Waals surface area contributed by atoms with Crippen LogP contribution in [0.15, 0.2) is 12.3 Å². The lowest BCUT2D eigenvalue weighted by molar-refractivity contribution is 0.0521. The molecule has 1 aromatic heterocycles. The lowest BCUT2D eigenvalue weighted by Gasteiger charge is -2.33. The average molecular weight is 303 g/mol. The van der Waals surface area contributed by atoms with Gasteiger partial charge in [-0.2, -0.15) is 0 Å². The summed E-state index contributed by atoms with van der Waals surface area (Å²) >= 11 is 11.8. The first-order valence-electron chi connectivity index (χ1n) is 6.27. The van der Waals surface area contributed by atoms with E-state index < -0.39 is 0 Å². The molecular weight excluding hydrogens is 287 g/mol. The summed E-state index contributed by atoms with van der Waals surface area (Å²) < 4.78 is 0. The zero-order chi connectivity index (χ0) is 14.0. The van der Waals surface area contributed by atoms with Gasteiger partial charge in [0.15, 0.2) is 0 Å². The molecule has 1 aromatic rings. The summed E-state index contributed by atoms with van der Waals surface area (Å²) in [5.41, 5.74) is 0.386. The standard InChI is InChI=1S/C13H16Cl2N2O2/c1-8(18)9-2-4-17(5-3-9)13(19)10-6-12(15)16-7-11(10)14/h6-9,18H,2-5H2,1H3. The molecule has 104 valence electrons. The molecule has 0 spiro atoms. The molecule has 1 aliphatic rings. The highest BCUT2D eigenvalue weighted by Gasteiger charge is 2.27. The zero-order valence-corrected chi connectivity index (χ0v) is 12.2. The van der Waals surface area contributed by atoms with Crippen molar-refractivity contribution < 1.29 is 9.90 Å². The smallest absolute Gasteiger partial charge is 0.255 e. The number of piperidine rings is 1. The highest BCUT2D eigenvalue weighted by atomic mass is 35.5. The summed E-state index contributed by atoms with van der Waals surface area (Å²) in [4.78, 5) is 17.9. The molecular formula is C13H16Cl2N2O2. The van der Waals surface area contributed by atoms with Gasteiger partial charge in [0.1, 0.15) is 5.15 Å². The van der Waals surface area contributed by atoms with E-state index in [-0.39, 0.29) is 23.1 Å². The molecule has 0 radical (unpaired) electrons. The fourth-order valence-corrected chi connectivity index (χ4v) is 2.67. The van der Waals surface area contributed by atoms with Gasteiger partial charge >= 0.3 is 0 Å². The molecule has 1 aliphatic heterocycles. The number of hydrogen-bond acceptors (Lipinski definition) is 3. The zero-order valence-electron chi connectivity index (χ0n) is 10.6. The van der Waals surface area contributed by atoms with Crippen LogP contribution in [-0.2, 0) is 0 Å². The minimum Gasteiger partial charge on any atom is -0.393 e. The van der Waals surface area contributed by atoms with Gasteiger partial charge < -0.3 is 10.0 Å². The number of aliphatic hydroxyl groups is 1. The predicted molar refractivity (Wildman–Crippen MR) is 74.6 cm³/mol. The number of aliphatic hydroxyl groups excluding tert-OH is 1. The summed E-state index contributed by atoms with van der Waals surface area (Å²) in [6, 6.07) is 1.49. The number of aromatic nitrogens is 1. The largest absolute Gasteiger partial charge is 0.393 e. The van der Waals surface area contributed by atoms with Gasteiger partial charge in [-0.15, -0.1) is 0 Å². The summed E-state index contributed by atoms with van der Waals surface area (Å²) in [7, 11) is 0. The number of pyridine rings is 1. The number of amides is 1. The predicted octanol–water partition coefficient (Wildman–Crippen LogP) is 2.62. The number of carbonyl (C=O) groups is 1. The Balaban J connectivity index is 2.07. The highest BCUT2D eigenvalue weighted by Crippen LogP contribution is 2.25. The van der Waals surface area contributed by atoms with E-state index in [0.29, 0.717) is 23.7 Å². The van der Waals surface area contributed by atoms with E-state index in [2.05, 4.69) is 4.98 Å². The van der Waals surface area contributed by atoms with Crippen LogP contribution in [0.4, 0.5) is 0 Å². The van der Waals surface area contributed by atoms with E-state index in [1.807, 2.05) is 0 Å². The average Bonchev–Trinajstić information content (AvgIpc) is 2.41. The molecule has 19 heavy (non-hydrogen) atoms. The number of hydrogen-bond donors (Lipinski definition) is 1. The Morgan fingerprint density at radius 1 is 1.47 bits per heavy atom. The Labute approximate surface area is 122 Å². The van der Waals surface area contributed by atoms with Crippen molar-refractivity contribution in [2.75, 3.05) is 13.1 Å². The third kappa shape index (κ3) is 3.38. The third-order valence-corrected chi connectivity index (χ3v) is 4.07. The topological polar surface area (TPSA) is 53.4 Å². The second kappa shape index (κ2) is 6.07. The van der Waals surface area contributed by atoms with E-state index in [4.69, 9.17) is 23.2 Å². The van der Waals surface area contributed by atoms with Crippen LogP contribution in [0.1, 0.15) is 30.1 Å². The monoisotopic (exact) mass is 302 g/mol. The highest BCUT2D eigenvalue weighted by molar-refractivity contribution is 6.35. The van der Waals surface area contributed by atoms with E-state index in [9.17, 15) is 9.90 Å². The Morgan fingerprint density at radius 2 is 2.11 bits per heavy atom. The van der Waals surface area contributed by atoms with Crippen LogP contribution in [0, 0.1) is 5.92 Å². The van der Waals surface area contributed by atoms with Gasteiger partial charge in [0.05, 0.1) is 16.7 Å². The quantitative estimate of drug-likeness (QED) is 0.855. The molecule has 1 amide bonds. The third-order valence-electron chi connectivity index (χ3n) is 3.56. The number of nitrogens with zero attached hydrogens (tertiary/aromatic N) is 2. The fraction of sp³-hybridized carbons (Fsp3) is 0.538. The molecule has 1 unspecified atom stereocenters. The van der Waals surface area contributed by atoms with E-state index >= 15 is 0 Å².